The molecule has 1 unspecified atom stereocenters. The van der Waals surface area contributed by atoms with Crippen molar-refractivity contribution in [3.8, 4) is 0 Å². The number of rotatable bonds is 9. The van der Waals surface area contributed by atoms with Gasteiger partial charge in [0, 0.05) is 50.4 Å². The first-order chi connectivity index (χ1) is 12.2. The van der Waals surface area contributed by atoms with Crippen molar-refractivity contribution in [2.24, 2.45) is 4.99 Å². The largest absolute Gasteiger partial charge is 0.355 e. The third-order valence-corrected chi connectivity index (χ3v) is 4.02. The number of aryl methyl sites for hydroxylation is 1. The Morgan fingerprint density at radius 1 is 1.31 bits per heavy atom. The van der Waals surface area contributed by atoms with Crippen molar-refractivity contribution in [1.29, 1.82) is 0 Å². The van der Waals surface area contributed by atoms with Crippen molar-refractivity contribution in [1.82, 2.24) is 30.4 Å². The maximum absolute atomic E-state index is 4.68. The van der Waals surface area contributed by atoms with Crippen molar-refractivity contribution >= 4 is 29.9 Å². The van der Waals surface area contributed by atoms with E-state index in [-0.39, 0.29) is 24.0 Å². The molecule has 0 saturated heterocycles. The highest BCUT2D eigenvalue weighted by Gasteiger charge is 2.05. The van der Waals surface area contributed by atoms with Crippen LogP contribution >= 0.6 is 24.0 Å². The van der Waals surface area contributed by atoms with Crippen LogP contribution in [-0.2, 0) is 19.4 Å². The Bertz CT molecular complexity index is 642. The smallest absolute Gasteiger partial charge is 0.191 e. The maximum atomic E-state index is 4.68. The van der Waals surface area contributed by atoms with Crippen LogP contribution in [0, 0.1) is 0 Å². The van der Waals surface area contributed by atoms with Crippen LogP contribution in [-0.4, -0.2) is 44.8 Å². The molecule has 0 fully saturated rings. The minimum atomic E-state index is 0. The zero-order chi connectivity index (χ0) is 17.9. The van der Waals surface area contributed by atoms with Gasteiger partial charge in [-0.1, -0.05) is 19.9 Å². The molecular formula is C18H30IN7. The summed E-state index contributed by atoms with van der Waals surface area (Å²) >= 11 is 0. The molecule has 2 rings (SSSR count). The second-order valence-electron chi connectivity index (χ2n) is 5.98. The van der Waals surface area contributed by atoms with Crippen molar-refractivity contribution in [3.05, 3.63) is 42.2 Å². The van der Waals surface area contributed by atoms with Gasteiger partial charge in [0.2, 0.25) is 0 Å². The van der Waals surface area contributed by atoms with Gasteiger partial charge in [0.25, 0.3) is 0 Å². The molecule has 26 heavy (non-hydrogen) atoms. The molecule has 0 amide bonds. The van der Waals surface area contributed by atoms with Gasteiger partial charge in [-0.25, -0.2) is 0 Å². The normalized spacial score (nSPS) is 12.3. The highest BCUT2D eigenvalue weighted by Crippen LogP contribution is 1.97. The second kappa shape index (κ2) is 12.6. The fourth-order valence-corrected chi connectivity index (χ4v) is 2.35. The summed E-state index contributed by atoms with van der Waals surface area (Å²) in [4.78, 5) is 9.02. The molecular weight excluding hydrogens is 441 g/mol. The molecule has 0 radical (unpaired) electrons. The Balaban J connectivity index is 0.00000338. The molecule has 8 heteroatoms. The van der Waals surface area contributed by atoms with Crippen molar-refractivity contribution in [3.63, 3.8) is 0 Å². The Hall–Kier alpha value is -1.71. The van der Waals surface area contributed by atoms with Crippen LogP contribution in [0.2, 0.25) is 0 Å². The van der Waals surface area contributed by atoms with Crippen LogP contribution in [0.4, 0.5) is 0 Å². The fraction of sp³-hybridized carbons (Fsp3) is 0.556. The number of aromatic nitrogens is 4. The SMILES string of the molecule is CCc1nncn1CCNC(=NCCc1ccccn1)NC(C)CC.I. The number of aliphatic imine (C=N–C) groups is 1. The molecule has 7 nitrogen and oxygen atoms in total. The minimum Gasteiger partial charge on any atom is -0.355 e. The Morgan fingerprint density at radius 2 is 2.15 bits per heavy atom. The van der Waals surface area contributed by atoms with E-state index in [4.69, 9.17) is 0 Å². The van der Waals surface area contributed by atoms with Crippen LogP contribution < -0.4 is 10.6 Å². The zero-order valence-electron chi connectivity index (χ0n) is 15.9. The molecule has 0 aliphatic heterocycles. The lowest BCUT2D eigenvalue weighted by Crippen LogP contribution is -2.43. The molecule has 2 aromatic rings. The summed E-state index contributed by atoms with van der Waals surface area (Å²) in [6.07, 6.45) is 6.36. The van der Waals surface area contributed by atoms with E-state index in [2.05, 4.69) is 56.1 Å². The lowest BCUT2D eigenvalue weighted by Gasteiger charge is -2.17. The summed E-state index contributed by atoms with van der Waals surface area (Å²) in [5.41, 5.74) is 1.06. The van der Waals surface area contributed by atoms with E-state index in [1.165, 1.54) is 0 Å². The summed E-state index contributed by atoms with van der Waals surface area (Å²) in [5, 5.41) is 14.9. The van der Waals surface area contributed by atoms with Crippen molar-refractivity contribution < 1.29 is 0 Å². The third-order valence-electron chi connectivity index (χ3n) is 4.02. The van der Waals surface area contributed by atoms with E-state index in [0.717, 1.165) is 49.8 Å². The van der Waals surface area contributed by atoms with Gasteiger partial charge in [0.1, 0.15) is 12.2 Å². The van der Waals surface area contributed by atoms with Crippen LogP contribution in [0.15, 0.2) is 35.7 Å². The van der Waals surface area contributed by atoms with E-state index in [0.29, 0.717) is 12.6 Å². The van der Waals surface area contributed by atoms with E-state index in [1.807, 2.05) is 24.4 Å². The predicted molar refractivity (Wildman–Crippen MR) is 116 cm³/mol. The first-order valence-corrected chi connectivity index (χ1v) is 9.04. The number of pyridine rings is 1. The van der Waals surface area contributed by atoms with Crippen LogP contribution in [0.1, 0.15) is 38.7 Å². The summed E-state index contributed by atoms with van der Waals surface area (Å²) in [7, 11) is 0. The van der Waals surface area contributed by atoms with Gasteiger partial charge in [-0.3, -0.25) is 9.98 Å². The molecule has 2 heterocycles. The van der Waals surface area contributed by atoms with Gasteiger partial charge in [0.15, 0.2) is 5.96 Å². The molecule has 0 saturated carbocycles. The van der Waals surface area contributed by atoms with Crippen LogP contribution in [0.3, 0.4) is 0 Å². The molecule has 144 valence electrons. The molecule has 0 bridgehead atoms. The maximum Gasteiger partial charge on any atom is 0.191 e. The van der Waals surface area contributed by atoms with Gasteiger partial charge in [-0.05, 0) is 25.5 Å². The molecule has 2 aromatic heterocycles. The van der Waals surface area contributed by atoms with Gasteiger partial charge < -0.3 is 15.2 Å². The fourth-order valence-electron chi connectivity index (χ4n) is 2.35. The molecule has 0 spiro atoms. The topological polar surface area (TPSA) is 80.0 Å². The third kappa shape index (κ3) is 7.67. The van der Waals surface area contributed by atoms with Crippen LogP contribution in [0.25, 0.3) is 0 Å². The Labute approximate surface area is 173 Å². The highest BCUT2D eigenvalue weighted by molar-refractivity contribution is 14.0. The predicted octanol–water partition coefficient (Wildman–Crippen LogP) is 2.43. The van der Waals surface area contributed by atoms with Gasteiger partial charge in [-0.15, -0.1) is 34.2 Å². The summed E-state index contributed by atoms with van der Waals surface area (Å²) in [6.45, 7) is 8.70. The van der Waals surface area contributed by atoms with Gasteiger partial charge >= 0.3 is 0 Å². The van der Waals surface area contributed by atoms with E-state index in [9.17, 15) is 0 Å². The first kappa shape index (κ1) is 22.3. The lowest BCUT2D eigenvalue weighted by molar-refractivity contribution is 0.599. The quantitative estimate of drug-likeness (QED) is 0.334. The standard InChI is InChI=1S/C18H29N7.HI/c1-4-15(3)23-18(20-11-9-16-8-6-7-10-19-16)21-12-13-25-14-22-24-17(25)5-2;/h6-8,10,14-15H,4-5,9,11-13H2,1-3H3,(H2,20,21,23);1H. The number of guanidine groups is 1. The summed E-state index contributed by atoms with van der Waals surface area (Å²) in [5.74, 6) is 1.85. The summed E-state index contributed by atoms with van der Waals surface area (Å²) < 4.78 is 2.07. The highest BCUT2D eigenvalue weighted by atomic mass is 127. The van der Waals surface area contributed by atoms with E-state index >= 15 is 0 Å². The second-order valence-corrected chi connectivity index (χ2v) is 5.98. The first-order valence-electron chi connectivity index (χ1n) is 9.04. The van der Waals surface area contributed by atoms with E-state index in [1.54, 1.807) is 6.33 Å². The molecule has 0 aromatic carbocycles. The lowest BCUT2D eigenvalue weighted by atomic mass is 10.2. The number of nitrogens with one attached hydrogen (secondary N) is 2. The number of nitrogens with zero attached hydrogens (tertiary/aromatic N) is 5. The van der Waals surface area contributed by atoms with E-state index < -0.39 is 0 Å². The zero-order valence-corrected chi connectivity index (χ0v) is 18.2. The average Bonchev–Trinajstić information content (AvgIpc) is 3.09. The molecule has 2 N–H and O–H groups in total. The van der Waals surface area contributed by atoms with Gasteiger partial charge in [-0.2, -0.15) is 0 Å². The molecule has 1 atom stereocenters. The molecule has 0 aliphatic rings. The minimum absolute atomic E-state index is 0. The Morgan fingerprint density at radius 3 is 2.85 bits per heavy atom. The monoisotopic (exact) mass is 471 g/mol. The number of halogens is 1. The van der Waals surface area contributed by atoms with Gasteiger partial charge in [0.05, 0.1) is 0 Å². The van der Waals surface area contributed by atoms with Crippen LogP contribution in [0.5, 0.6) is 0 Å². The number of hydrogen-bond acceptors (Lipinski definition) is 4. The van der Waals surface area contributed by atoms with Crippen molar-refractivity contribution in [2.45, 2.75) is 52.6 Å². The summed E-state index contributed by atoms with van der Waals surface area (Å²) in [6, 6.07) is 6.35. The number of hydrogen-bond donors (Lipinski definition) is 2. The average molecular weight is 471 g/mol. The Kier molecular flexibility index (Phi) is 10.8. The van der Waals surface area contributed by atoms with Crippen molar-refractivity contribution in [2.75, 3.05) is 13.1 Å². The molecule has 0 aliphatic carbocycles.